The number of hydrogen-bond donors (Lipinski definition) is 2. The fraction of sp³-hybridized carbons (Fsp3) is 0.844. The summed E-state index contributed by atoms with van der Waals surface area (Å²) in [7, 11) is -0.735. The number of hydrogen-bond acceptors (Lipinski definition) is 7. The van der Waals surface area contributed by atoms with E-state index in [2.05, 4.69) is 51.3 Å². The second kappa shape index (κ2) is 18.9. The molecule has 4 atom stereocenters. The molecule has 2 rings (SSSR count). The maximum Gasteiger partial charge on any atom is 0.330 e. The lowest BCUT2D eigenvalue weighted by Gasteiger charge is -2.40. The number of nitrogens with zero attached hydrogens (tertiary/aromatic N) is 1. The molecule has 0 spiro atoms. The van der Waals surface area contributed by atoms with E-state index in [4.69, 9.17) is 18.7 Å². The van der Waals surface area contributed by atoms with Crippen LogP contribution in [0.3, 0.4) is 0 Å². The van der Waals surface area contributed by atoms with Gasteiger partial charge in [0.05, 0.1) is 0 Å². The molecule has 0 saturated carbocycles. The number of unbranched alkanes of at least 4 members (excludes halogenated alkanes) is 12. The van der Waals surface area contributed by atoms with Gasteiger partial charge >= 0.3 is 5.69 Å². The van der Waals surface area contributed by atoms with E-state index in [0.29, 0.717) is 6.42 Å². The molecule has 248 valence electrons. The summed E-state index contributed by atoms with van der Waals surface area (Å²) >= 11 is 0. The summed E-state index contributed by atoms with van der Waals surface area (Å²) in [5, 5.41) is -0.0777. The van der Waals surface area contributed by atoms with Crippen molar-refractivity contribution in [1.82, 2.24) is 15.0 Å². The number of amides is 1. The molecule has 1 aromatic rings. The van der Waals surface area contributed by atoms with E-state index in [1.54, 1.807) is 7.11 Å². The highest BCUT2D eigenvalue weighted by atomic mass is 28.4. The number of nitrogens with one attached hydrogen (secondary N) is 2. The Morgan fingerprint density at radius 3 is 2.02 bits per heavy atom. The fourth-order valence-electron chi connectivity index (χ4n) is 5.16. The average Bonchev–Trinajstić information content (AvgIpc) is 3.26. The van der Waals surface area contributed by atoms with E-state index in [-0.39, 0.29) is 17.6 Å². The predicted octanol–water partition coefficient (Wildman–Crippen LogP) is 6.37. The zero-order chi connectivity index (χ0) is 31.9. The largest absolute Gasteiger partial charge is 0.408 e. The van der Waals surface area contributed by atoms with Gasteiger partial charge in [-0.1, -0.05) is 105 Å². The summed E-state index contributed by atoms with van der Waals surface area (Å²) in [5.74, 6) is -0.167. The highest BCUT2D eigenvalue weighted by Gasteiger charge is 2.51. The van der Waals surface area contributed by atoms with Crippen molar-refractivity contribution in [2.75, 3.05) is 13.7 Å². The van der Waals surface area contributed by atoms with Gasteiger partial charge in [-0.2, -0.15) is 0 Å². The molecule has 1 fully saturated rings. The van der Waals surface area contributed by atoms with Gasteiger partial charge in [-0.05, 0) is 24.6 Å². The summed E-state index contributed by atoms with van der Waals surface area (Å²) < 4.78 is 20.1. The van der Waals surface area contributed by atoms with E-state index < -0.39 is 44.1 Å². The van der Waals surface area contributed by atoms with Crippen molar-refractivity contribution in [3.05, 3.63) is 33.1 Å². The first-order chi connectivity index (χ1) is 20.4. The van der Waals surface area contributed by atoms with Gasteiger partial charge in [-0.3, -0.25) is 24.0 Å². The Kier molecular flexibility index (Phi) is 16.4. The van der Waals surface area contributed by atoms with Crippen LogP contribution < -0.4 is 16.7 Å². The Hall–Kier alpha value is -1.79. The maximum absolute atomic E-state index is 12.6. The zero-order valence-corrected chi connectivity index (χ0v) is 28.9. The van der Waals surface area contributed by atoms with Gasteiger partial charge in [0.25, 0.3) is 5.56 Å². The number of aromatic amines is 1. The molecule has 1 saturated heterocycles. The minimum Gasteiger partial charge on any atom is -0.408 e. The average molecular weight is 626 g/mol. The summed E-state index contributed by atoms with van der Waals surface area (Å²) in [6, 6.07) is 1.27. The third kappa shape index (κ3) is 12.6. The van der Waals surface area contributed by atoms with Crippen LogP contribution in [-0.4, -0.2) is 55.8 Å². The molecular weight excluding hydrogens is 566 g/mol. The Labute approximate surface area is 259 Å². The van der Waals surface area contributed by atoms with E-state index in [1.165, 1.54) is 81.0 Å². The van der Waals surface area contributed by atoms with Crippen LogP contribution in [0.1, 0.15) is 124 Å². The lowest BCUT2D eigenvalue weighted by atomic mass is 10.0. The molecule has 11 heteroatoms. The highest BCUT2D eigenvalue weighted by Crippen LogP contribution is 2.41. The summed E-state index contributed by atoms with van der Waals surface area (Å²) in [6.45, 7) is 13.0. The minimum atomic E-state index is -2.28. The number of carbonyl (C=O) groups excluding carboxylic acids is 1. The van der Waals surface area contributed by atoms with Crippen LogP contribution >= 0.6 is 0 Å². The van der Waals surface area contributed by atoms with Crippen LogP contribution in [0.4, 0.5) is 0 Å². The molecule has 1 aliphatic heterocycles. The van der Waals surface area contributed by atoms with Crippen LogP contribution in [0, 0.1) is 0 Å². The predicted molar refractivity (Wildman–Crippen MR) is 173 cm³/mol. The monoisotopic (exact) mass is 625 g/mol. The Morgan fingerprint density at radius 1 is 0.953 bits per heavy atom. The van der Waals surface area contributed by atoms with Gasteiger partial charge in [-0.25, -0.2) is 10.3 Å². The molecule has 2 heterocycles. The molecule has 0 radical (unpaired) electrons. The van der Waals surface area contributed by atoms with Crippen molar-refractivity contribution >= 4 is 14.2 Å². The number of H-pyrrole nitrogens is 1. The van der Waals surface area contributed by atoms with Crippen molar-refractivity contribution in [2.24, 2.45) is 0 Å². The maximum atomic E-state index is 12.6. The van der Waals surface area contributed by atoms with E-state index in [1.807, 2.05) is 0 Å². The van der Waals surface area contributed by atoms with Crippen molar-refractivity contribution in [3.8, 4) is 0 Å². The minimum absolute atomic E-state index is 0.0259. The number of ether oxygens (including phenoxy) is 2. The Balaban J connectivity index is 1.80. The smallest absolute Gasteiger partial charge is 0.330 e. The van der Waals surface area contributed by atoms with Gasteiger partial charge in [0, 0.05) is 25.8 Å². The number of carbonyl (C=O) groups is 1. The third-order valence-corrected chi connectivity index (χ3v) is 13.3. The summed E-state index contributed by atoms with van der Waals surface area (Å²) in [5.41, 5.74) is 1.46. The second-order valence-corrected chi connectivity index (χ2v) is 18.2. The summed E-state index contributed by atoms with van der Waals surface area (Å²) in [4.78, 5) is 44.5. The third-order valence-electron chi connectivity index (χ3n) is 8.86. The number of rotatable bonds is 21. The van der Waals surface area contributed by atoms with Crippen molar-refractivity contribution in [3.63, 3.8) is 0 Å². The molecular formula is C32H59N3O7Si. The molecule has 2 N–H and O–H groups in total. The molecule has 10 nitrogen and oxygen atoms in total. The van der Waals surface area contributed by atoms with Gasteiger partial charge in [0.1, 0.15) is 24.9 Å². The summed E-state index contributed by atoms with van der Waals surface area (Å²) in [6.07, 6.45) is 15.5. The second-order valence-electron chi connectivity index (χ2n) is 13.5. The van der Waals surface area contributed by atoms with Crippen LogP contribution in [0.25, 0.3) is 0 Å². The number of methoxy groups -OCH3 is 1. The first kappa shape index (κ1) is 37.4. The number of aromatic nitrogens is 2. The van der Waals surface area contributed by atoms with Gasteiger partial charge < -0.3 is 13.9 Å². The van der Waals surface area contributed by atoms with E-state index in [0.717, 1.165) is 19.3 Å². The lowest BCUT2D eigenvalue weighted by molar-refractivity contribution is -0.140. The molecule has 1 aromatic heterocycles. The van der Waals surface area contributed by atoms with Crippen LogP contribution in [0.15, 0.2) is 21.9 Å². The highest BCUT2D eigenvalue weighted by molar-refractivity contribution is 6.74. The van der Waals surface area contributed by atoms with Gasteiger partial charge in [-0.15, -0.1) is 0 Å². The Morgan fingerprint density at radius 2 is 1.51 bits per heavy atom. The normalized spacial score (nSPS) is 20.9. The molecule has 0 aromatic carbocycles. The number of hydroxylamine groups is 1. The molecule has 1 amide bonds. The standard InChI is InChI=1S/C32H59N3O7Si/c1-8-9-10-11-12-13-14-15-16-17-18-19-20-21-27(37)34-40-24-25-28(42-43(6,7)32(2,3)4)29(39-5)30(41-25)35-23-22-26(36)33-31(35)38/h22-23,25,28-30H,8-21,24H2,1-7H3,(H,34,37)(H,33,36,38)/t25-,28?,29?,30-/m1/s1. The molecule has 43 heavy (non-hydrogen) atoms. The van der Waals surface area contributed by atoms with Crippen molar-refractivity contribution < 1.29 is 23.5 Å². The van der Waals surface area contributed by atoms with Gasteiger partial charge in [0.2, 0.25) is 5.91 Å². The zero-order valence-electron chi connectivity index (χ0n) is 27.9. The van der Waals surface area contributed by atoms with Crippen LogP contribution in [-0.2, 0) is 23.5 Å². The quantitative estimate of drug-likeness (QED) is 0.0925. The SMILES string of the molecule is CCCCCCCCCCCCCCCC(=O)NOC[C@H]1O[C@@H](n2ccc(=O)[nH]c2=O)C(OC)C1O[Si](C)(C)C(C)(C)C. The molecule has 0 bridgehead atoms. The molecule has 1 aliphatic rings. The molecule has 2 unspecified atom stereocenters. The van der Waals surface area contributed by atoms with Gasteiger partial charge in [0.15, 0.2) is 14.5 Å². The lowest BCUT2D eigenvalue weighted by Crippen LogP contribution is -2.50. The van der Waals surface area contributed by atoms with Crippen molar-refractivity contribution in [1.29, 1.82) is 0 Å². The van der Waals surface area contributed by atoms with E-state index in [9.17, 15) is 14.4 Å². The Bertz CT molecular complexity index is 1050. The van der Waals surface area contributed by atoms with Crippen molar-refractivity contribution in [2.45, 2.75) is 160 Å². The first-order valence-corrected chi connectivity index (χ1v) is 19.4. The fourth-order valence-corrected chi connectivity index (χ4v) is 6.48. The first-order valence-electron chi connectivity index (χ1n) is 16.5. The van der Waals surface area contributed by atoms with Crippen LogP contribution in [0.2, 0.25) is 18.1 Å². The van der Waals surface area contributed by atoms with E-state index >= 15 is 0 Å². The topological polar surface area (TPSA) is 121 Å². The van der Waals surface area contributed by atoms with Crippen LogP contribution in [0.5, 0.6) is 0 Å². The molecule has 0 aliphatic carbocycles.